The summed E-state index contributed by atoms with van der Waals surface area (Å²) in [6.45, 7) is 13.2. The van der Waals surface area contributed by atoms with Gasteiger partial charge >= 0.3 is 0 Å². The van der Waals surface area contributed by atoms with Crippen LogP contribution in [-0.4, -0.2) is 60.4 Å². The third-order valence-corrected chi connectivity index (χ3v) is 3.65. The smallest absolute Gasteiger partial charge is 0.220 e. The molecular weight excluding hydrogens is 256 g/mol. The molecule has 0 aromatic carbocycles. The van der Waals surface area contributed by atoms with Gasteiger partial charge in [-0.25, -0.2) is 0 Å². The second-order valence-electron chi connectivity index (χ2n) is 6.76. The molecule has 0 aliphatic carbocycles. The summed E-state index contributed by atoms with van der Waals surface area (Å²) in [5.74, 6) is -0.0198. The number of aliphatic hydroxyl groups is 1. The number of rotatable bonds is 6. The van der Waals surface area contributed by atoms with E-state index in [0.717, 1.165) is 13.1 Å². The van der Waals surface area contributed by atoms with Crippen LogP contribution in [0.3, 0.4) is 0 Å². The van der Waals surface area contributed by atoms with Crippen LogP contribution in [0.1, 0.15) is 41.0 Å². The summed E-state index contributed by atoms with van der Waals surface area (Å²) in [5, 5.41) is 13.2. The highest BCUT2D eigenvalue weighted by Gasteiger charge is 2.37. The van der Waals surface area contributed by atoms with Crippen LogP contribution in [0.25, 0.3) is 0 Å². The van der Waals surface area contributed by atoms with Crippen molar-refractivity contribution in [1.82, 2.24) is 10.2 Å². The van der Waals surface area contributed by atoms with Gasteiger partial charge in [0.05, 0.1) is 18.8 Å². The van der Waals surface area contributed by atoms with Crippen molar-refractivity contribution < 1.29 is 14.6 Å². The van der Waals surface area contributed by atoms with E-state index in [1.165, 1.54) is 0 Å². The van der Waals surface area contributed by atoms with E-state index in [-0.39, 0.29) is 23.5 Å². The van der Waals surface area contributed by atoms with Crippen molar-refractivity contribution in [3.8, 4) is 0 Å². The first-order valence-corrected chi connectivity index (χ1v) is 7.58. The van der Waals surface area contributed by atoms with Gasteiger partial charge in [0.2, 0.25) is 5.91 Å². The minimum absolute atomic E-state index is 0.0198. The molecular formula is C15H30N2O3. The largest absolute Gasteiger partial charge is 0.388 e. The molecule has 1 aliphatic heterocycles. The molecule has 0 radical (unpaired) electrons. The van der Waals surface area contributed by atoms with Crippen molar-refractivity contribution in [3.05, 3.63) is 0 Å². The fourth-order valence-electron chi connectivity index (χ4n) is 2.45. The molecule has 0 saturated carbocycles. The van der Waals surface area contributed by atoms with E-state index in [9.17, 15) is 9.90 Å². The van der Waals surface area contributed by atoms with Crippen molar-refractivity contribution in [2.24, 2.45) is 5.41 Å². The number of nitrogens with zero attached hydrogens (tertiary/aromatic N) is 1. The lowest BCUT2D eigenvalue weighted by Gasteiger charge is -2.25. The number of likely N-dealkylation sites (N-methyl/N-ethyl adjacent to an activating group) is 1. The molecule has 1 rings (SSSR count). The Morgan fingerprint density at radius 1 is 1.35 bits per heavy atom. The molecule has 1 heterocycles. The summed E-state index contributed by atoms with van der Waals surface area (Å²) < 4.78 is 5.64. The Labute approximate surface area is 122 Å². The van der Waals surface area contributed by atoms with Crippen molar-refractivity contribution in [2.45, 2.75) is 59.3 Å². The maximum absolute atomic E-state index is 11.9. The molecule has 1 fully saturated rings. The molecule has 20 heavy (non-hydrogen) atoms. The predicted molar refractivity (Wildman–Crippen MR) is 79.5 cm³/mol. The zero-order valence-electron chi connectivity index (χ0n) is 13.5. The Kier molecular flexibility index (Phi) is 6.43. The minimum Gasteiger partial charge on any atom is -0.388 e. The number of ether oxygens (including phenoxy) is 1. The normalized spacial score (nSPS) is 27.1. The van der Waals surface area contributed by atoms with Gasteiger partial charge in [-0.15, -0.1) is 0 Å². The topological polar surface area (TPSA) is 61.8 Å². The molecule has 2 N–H and O–H groups in total. The Bertz CT molecular complexity index is 311. The van der Waals surface area contributed by atoms with Crippen LogP contribution in [0.4, 0.5) is 0 Å². The Balaban J connectivity index is 2.45. The SMILES string of the molecule is CCN(CC)CC1OCC(NC(=O)CC(C)(C)C)C1O. The fraction of sp³-hybridized carbons (Fsp3) is 0.933. The summed E-state index contributed by atoms with van der Waals surface area (Å²) in [5.41, 5.74) is -0.0465. The molecule has 1 amide bonds. The summed E-state index contributed by atoms with van der Waals surface area (Å²) in [6.07, 6.45) is -0.383. The Morgan fingerprint density at radius 2 is 1.95 bits per heavy atom. The van der Waals surface area contributed by atoms with Gasteiger partial charge in [-0.2, -0.15) is 0 Å². The highest BCUT2D eigenvalue weighted by Crippen LogP contribution is 2.20. The molecule has 1 aliphatic rings. The van der Waals surface area contributed by atoms with E-state index < -0.39 is 6.10 Å². The molecule has 5 nitrogen and oxygen atoms in total. The van der Waals surface area contributed by atoms with E-state index in [4.69, 9.17) is 4.74 Å². The summed E-state index contributed by atoms with van der Waals surface area (Å²) in [4.78, 5) is 14.1. The zero-order valence-corrected chi connectivity index (χ0v) is 13.5. The van der Waals surface area contributed by atoms with Gasteiger partial charge in [0.25, 0.3) is 0 Å². The molecule has 0 aromatic rings. The van der Waals surface area contributed by atoms with Crippen LogP contribution < -0.4 is 5.32 Å². The highest BCUT2D eigenvalue weighted by atomic mass is 16.5. The molecule has 0 bridgehead atoms. The summed E-state index contributed by atoms with van der Waals surface area (Å²) in [7, 11) is 0. The van der Waals surface area contributed by atoms with E-state index in [1.807, 2.05) is 20.8 Å². The van der Waals surface area contributed by atoms with Crippen LogP contribution >= 0.6 is 0 Å². The molecule has 118 valence electrons. The lowest BCUT2D eigenvalue weighted by molar-refractivity contribution is -0.124. The van der Waals surface area contributed by atoms with Crippen molar-refractivity contribution in [1.29, 1.82) is 0 Å². The highest BCUT2D eigenvalue weighted by molar-refractivity contribution is 5.77. The van der Waals surface area contributed by atoms with Gasteiger partial charge in [0, 0.05) is 13.0 Å². The summed E-state index contributed by atoms with van der Waals surface area (Å²) >= 11 is 0. The third kappa shape index (κ3) is 5.38. The van der Waals surface area contributed by atoms with Crippen molar-refractivity contribution in [2.75, 3.05) is 26.2 Å². The zero-order chi connectivity index (χ0) is 15.3. The quantitative estimate of drug-likeness (QED) is 0.765. The van der Waals surface area contributed by atoms with Gasteiger partial charge < -0.3 is 20.1 Å². The molecule has 5 heteroatoms. The summed E-state index contributed by atoms with van der Waals surface area (Å²) in [6, 6.07) is -0.287. The second-order valence-corrected chi connectivity index (χ2v) is 6.76. The molecule has 1 saturated heterocycles. The lowest BCUT2D eigenvalue weighted by atomic mass is 9.91. The first kappa shape index (κ1) is 17.4. The monoisotopic (exact) mass is 286 g/mol. The maximum atomic E-state index is 11.9. The van der Waals surface area contributed by atoms with Crippen LogP contribution in [0, 0.1) is 5.41 Å². The van der Waals surface area contributed by atoms with Gasteiger partial charge in [-0.3, -0.25) is 4.79 Å². The van der Waals surface area contributed by atoms with E-state index in [0.29, 0.717) is 19.6 Å². The average Bonchev–Trinajstić information content (AvgIpc) is 2.65. The van der Waals surface area contributed by atoms with Crippen LogP contribution in [0.2, 0.25) is 0 Å². The fourth-order valence-corrected chi connectivity index (χ4v) is 2.45. The Morgan fingerprint density at radius 3 is 2.45 bits per heavy atom. The van der Waals surface area contributed by atoms with Crippen LogP contribution in [-0.2, 0) is 9.53 Å². The van der Waals surface area contributed by atoms with Gasteiger partial charge in [0.1, 0.15) is 6.10 Å². The van der Waals surface area contributed by atoms with Crippen molar-refractivity contribution >= 4 is 5.91 Å². The average molecular weight is 286 g/mol. The number of amides is 1. The van der Waals surface area contributed by atoms with E-state index in [2.05, 4.69) is 24.1 Å². The van der Waals surface area contributed by atoms with Crippen LogP contribution in [0.15, 0.2) is 0 Å². The second kappa shape index (κ2) is 7.38. The predicted octanol–water partition coefficient (Wildman–Crippen LogP) is 1.01. The first-order chi connectivity index (χ1) is 9.26. The van der Waals surface area contributed by atoms with E-state index in [1.54, 1.807) is 0 Å². The maximum Gasteiger partial charge on any atom is 0.220 e. The number of carbonyl (C=O) groups is 1. The number of hydrogen-bond acceptors (Lipinski definition) is 4. The van der Waals surface area contributed by atoms with Crippen LogP contribution in [0.5, 0.6) is 0 Å². The van der Waals surface area contributed by atoms with Gasteiger partial charge in [-0.05, 0) is 18.5 Å². The molecule has 3 unspecified atom stereocenters. The molecule has 3 atom stereocenters. The standard InChI is InChI=1S/C15H30N2O3/c1-6-17(7-2)9-12-14(19)11(10-20-12)16-13(18)8-15(3,4)5/h11-12,14,19H,6-10H2,1-5H3,(H,16,18). The third-order valence-electron chi connectivity index (χ3n) is 3.65. The minimum atomic E-state index is -0.625. The number of nitrogens with one attached hydrogen (secondary N) is 1. The van der Waals surface area contributed by atoms with E-state index >= 15 is 0 Å². The number of aliphatic hydroxyl groups excluding tert-OH is 1. The van der Waals surface area contributed by atoms with Gasteiger partial charge in [-0.1, -0.05) is 34.6 Å². The lowest BCUT2D eigenvalue weighted by Crippen LogP contribution is -2.47. The van der Waals surface area contributed by atoms with Crippen molar-refractivity contribution in [3.63, 3.8) is 0 Å². The molecule has 0 aromatic heterocycles. The first-order valence-electron chi connectivity index (χ1n) is 7.58. The Hall–Kier alpha value is -0.650. The number of hydrogen-bond donors (Lipinski definition) is 2. The number of carbonyl (C=O) groups excluding carboxylic acids is 1. The van der Waals surface area contributed by atoms with Gasteiger partial charge in [0.15, 0.2) is 0 Å². The molecule has 0 spiro atoms.